The molecular formula is C15H22ClNO. The van der Waals surface area contributed by atoms with E-state index in [9.17, 15) is 0 Å². The second-order valence-corrected chi connectivity index (χ2v) is 5.57. The van der Waals surface area contributed by atoms with E-state index in [1.165, 1.54) is 25.7 Å². The molecule has 100 valence electrons. The molecule has 1 aromatic carbocycles. The van der Waals surface area contributed by atoms with Crippen LogP contribution in [0.25, 0.3) is 0 Å². The number of halogens is 1. The zero-order chi connectivity index (χ0) is 13.0. The Morgan fingerprint density at radius 1 is 1.39 bits per heavy atom. The SMILES string of the molecule is CCC1CCCC(Oc2ccc(Cl)cc2CN)C1. The topological polar surface area (TPSA) is 35.2 Å². The lowest BCUT2D eigenvalue weighted by Gasteiger charge is -2.29. The normalized spacial score (nSPS) is 23.9. The average molecular weight is 268 g/mol. The molecule has 1 aliphatic carbocycles. The Kier molecular flexibility index (Phi) is 4.90. The summed E-state index contributed by atoms with van der Waals surface area (Å²) in [7, 11) is 0. The molecule has 18 heavy (non-hydrogen) atoms. The molecule has 1 aromatic rings. The van der Waals surface area contributed by atoms with Gasteiger partial charge in [-0.3, -0.25) is 0 Å². The smallest absolute Gasteiger partial charge is 0.124 e. The van der Waals surface area contributed by atoms with Crippen LogP contribution >= 0.6 is 11.6 Å². The van der Waals surface area contributed by atoms with E-state index < -0.39 is 0 Å². The maximum Gasteiger partial charge on any atom is 0.124 e. The van der Waals surface area contributed by atoms with Crippen LogP contribution in [0.5, 0.6) is 5.75 Å². The summed E-state index contributed by atoms with van der Waals surface area (Å²) in [6.07, 6.45) is 6.54. The van der Waals surface area contributed by atoms with E-state index in [1.54, 1.807) is 0 Å². The molecule has 1 fully saturated rings. The van der Waals surface area contributed by atoms with Gasteiger partial charge in [0, 0.05) is 17.1 Å². The van der Waals surface area contributed by atoms with Crippen molar-refractivity contribution in [1.82, 2.24) is 0 Å². The summed E-state index contributed by atoms with van der Waals surface area (Å²) in [6, 6.07) is 5.72. The van der Waals surface area contributed by atoms with E-state index >= 15 is 0 Å². The van der Waals surface area contributed by atoms with Crippen LogP contribution in [0.4, 0.5) is 0 Å². The third-order valence-electron chi connectivity index (χ3n) is 3.85. The van der Waals surface area contributed by atoms with Gasteiger partial charge in [-0.2, -0.15) is 0 Å². The van der Waals surface area contributed by atoms with Gasteiger partial charge < -0.3 is 10.5 Å². The van der Waals surface area contributed by atoms with Gasteiger partial charge in [-0.15, -0.1) is 0 Å². The van der Waals surface area contributed by atoms with Crippen molar-refractivity contribution in [2.75, 3.05) is 0 Å². The number of ether oxygens (including phenoxy) is 1. The van der Waals surface area contributed by atoms with Gasteiger partial charge in [-0.1, -0.05) is 31.4 Å². The average Bonchev–Trinajstić information content (AvgIpc) is 2.41. The van der Waals surface area contributed by atoms with Gasteiger partial charge in [0.2, 0.25) is 0 Å². The van der Waals surface area contributed by atoms with E-state index in [4.69, 9.17) is 22.1 Å². The van der Waals surface area contributed by atoms with Crippen molar-refractivity contribution in [2.24, 2.45) is 11.7 Å². The molecule has 0 aromatic heterocycles. The molecule has 0 radical (unpaired) electrons. The molecule has 0 bridgehead atoms. The van der Waals surface area contributed by atoms with Gasteiger partial charge >= 0.3 is 0 Å². The summed E-state index contributed by atoms with van der Waals surface area (Å²) in [5.41, 5.74) is 6.74. The van der Waals surface area contributed by atoms with Crippen LogP contribution in [0.15, 0.2) is 18.2 Å². The zero-order valence-electron chi connectivity index (χ0n) is 11.0. The second kappa shape index (κ2) is 6.44. The van der Waals surface area contributed by atoms with Crippen LogP contribution in [0.3, 0.4) is 0 Å². The first-order valence-electron chi connectivity index (χ1n) is 6.88. The molecule has 0 amide bonds. The first-order valence-corrected chi connectivity index (χ1v) is 7.25. The van der Waals surface area contributed by atoms with Crippen LogP contribution in [0.2, 0.25) is 5.02 Å². The predicted molar refractivity (Wildman–Crippen MR) is 76.0 cm³/mol. The monoisotopic (exact) mass is 267 g/mol. The van der Waals surface area contributed by atoms with Crippen molar-refractivity contribution in [3.05, 3.63) is 28.8 Å². The summed E-state index contributed by atoms with van der Waals surface area (Å²) in [5, 5.41) is 0.720. The maximum absolute atomic E-state index is 6.13. The highest BCUT2D eigenvalue weighted by Crippen LogP contribution is 2.31. The van der Waals surface area contributed by atoms with E-state index in [0.29, 0.717) is 12.6 Å². The number of rotatable bonds is 4. The Balaban J connectivity index is 2.04. The Morgan fingerprint density at radius 2 is 2.22 bits per heavy atom. The van der Waals surface area contributed by atoms with Gasteiger partial charge in [0.25, 0.3) is 0 Å². The van der Waals surface area contributed by atoms with E-state index in [-0.39, 0.29) is 0 Å². The van der Waals surface area contributed by atoms with Gasteiger partial charge in [-0.05, 0) is 43.4 Å². The third-order valence-corrected chi connectivity index (χ3v) is 4.08. The highest BCUT2D eigenvalue weighted by atomic mass is 35.5. The Bertz CT molecular complexity index is 394. The van der Waals surface area contributed by atoms with Gasteiger partial charge in [-0.25, -0.2) is 0 Å². The van der Waals surface area contributed by atoms with Crippen molar-refractivity contribution < 1.29 is 4.74 Å². The molecule has 1 saturated carbocycles. The molecule has 2 N–H and O–H groups in total. The highest BCUT2D eigenvalue weighted by molar-refractivity contribution is 6.30. The van der Waals surface area contributed by atoms with Gasteiger partial charge in [0.05, 0.1) is 6.10 Å². The van der Waals surface area contributed by atoms with E-state index in [0.717, 1.165) is 28.7 Å². The van der Waals surface area contributed by atoms with Crippen LogP contribution < -0.4 is 10.5 Å². The first kappa shape index (κ1) is 13.7. The molecule has 1 aliphatic rings. The van der Waals surface area contributed by atoms with Crippen molar-refractivity contribution in [3.8, 4) is 5.75 Å². The zero-order valence-corrected chi connectivity index (χ0v) is 11.7. The lowest BCUT2D eigenvalue weighted by molar-refractivity contribution is 0.121. The summed E-state index contributed by atoms with van der Waals surface area (Å²) >= 11 is 5.97. The molecule has 2 nitrogen and oxygen atoms in total. The van der Waals surface area contributed by atoms with E-state index in [2.05, 4.69) is 6.92 Å². The lowest BCUT2D eigenvalue weighted by Crippen LogP contribution is -2.25. The Hall–Kier alpha value is -0.730. The molecule has 2 atom stereocenters. The van der Waals surface area contributed by atoms with E-state index in [1.807, 2.05) is 18.2 Å². The molecule has 0 saturated heterocycles. The fraction of sp³-hybridized carbons (Fsp3) is 0.600. The molecule has 0 aliphatic heterocycles. The Morgan fingerprint density at radius 3 is 2.94 bits per heavy atom. The number of nitrogens with two attached hydrogens (primary N) is 1. The number of hydrogen-bond donors (Lipinski definition) is 1. The summed E-state index contributed by atoms with van der Waals surface area (Å²) in [4.78, 5) is 0. The van der Waals surface area contributed by atoms with Crippen LogP contribution in [-0.2, 0) is 6.54 Å². The maximum atomic E-state index is 6.13. The first-order chi connectivity index (χ1) is 8.72. The van der Waals surface area contributed by atoms with Crippen molar-refractivity contribution in [1.29, 1.82) is 0 Å². The standard InChI is InChI=1S/C15H22ClNO/c1-2-11-4-3-5-14(8-11)18-15-7-6-13(16)9-12(15)10-17/h6-7,9,11,14H,2-5,8,10,17H2,1H3. The highest BCUT2D eigenvalue weighted by Gasteiger charge is 2.22. The fourth-order valence-corrected chi connectivity index (χ4v) is 2.92. The minimum atomic E-state index is 0.343. The fourth-order valence-electron chi connectivity index (χ4n) is 2.72. The minimum Gasteiger partial charge on any atom is -0.490 e. The minimum absolute atomic E-state index is 0.343. The van der Waals surface area contributed by atoms with Crippen LogP contribution in [-0.4, -0.2) is 6.10 Å². The summed E-state index contributed by atoms with van der Waals surface area (Å²) in [6.45, 7) is 2.74. The summed E-state index contributed by atoms with van der Waals surface area (Å²) in [5.74, 6) is 1.72. The van der Waals surface area contributed by atoms with Crippen molar-refractivity contribution >= 4 is 11.6 Å². The molecule has 0 spiro atoms. The molecule has 3 heteroatoms. The van der Waals surface area contributed by atoms with Gasteiger partial charge in [0.1, 0.15) is 5.75 Å². The van der Waals surface area contributed by atoms with Crippen LogP contribution in [0.1, 0.15) is 44.6 Å². The quantitative estimate of drug-likeness (QED) is 0.890. The summed E-state index contributed by atoms with van der Waals surface area (Å²) < 4.78 is 6.13. The van der Waals surface area contributed by atoms with Crippen molar-refractivity contribution in [3.63, 3.8) is 0 Å². The molecule has 2 rings (SSSR count). The molecular weight excluding hydrogens is 246 g/mol. The lowest BCUT2D eigenvalue weighted by atomic mass is 9.85. The van der Waals surface area contributed by atoms with Gasteiger partial charge in [0.15, 0.2) is 0 Å². The van der Waals surface area contributed by atoms with Crippen molar-refractivity contribution in [2.45, 2.75) is 51.7 Å². The molecule has 0 heterocycles. The largest absolute Gasteiger partial charge is 0.490 e. The third kappa shape index (κ3) is 3.39. The Labute approximate surface area is 114 Å². The number of benzene rings is 1. The second-order valence-electron chi connectivity index (χ2n) is 5.14. The number of hydrogen-bond acceptors (Lipinski definition) is 2. The molecule has 2 unspecified atom stereocenters. The predicted octanol–water partition coefficient (Wildman–Crippen LogP) is 4.15. The van der Waals surface area contributed by atoms with Crippen LogP contribution in [0, 0.1) is 5.92 Å².